The molecule has 0 heterocycles. The smallest absolute Gasteiger partial charge is 0.323 e. The first-order chi connectivity index (χ1) is 10.5. The number of esters is 2. The number of carbonyl (C=O) groups excluding carboxylic acids is 2. The molecule has 5 nitrogen and oxygen atoms in total. The van der Waals surface area contributed by atoms with Crippen molar-refractivity contribution >= 4 is 11.9 Å². The molecule has 0 bridgehead atoms. The molecule has 0 unspecified atom stereocenters. The van der Waals surface area contributed by atoms with Gasteiger partial charge in [0.25, 0.3) is 0 Å². The van der Waals surface area contributed by atoms with Gasteiger partial charge in [0, 0.05) is 13.0 Å². The van der Waals surface area contributed by atoms with Gasteiger partial charge in [0.2, 0.25) is 0 Å². The summed E-state index contributed by atoms with van der Waals surface area (Å²) in [6.45, 7) is 2.14. The molecule has 0 amide bonds. The minimum atomic E-state index is -1.27. The number of hydrogen-bond acceptors (Lipinski definition) is 5. The molecule has 1 aliphatic carbocycles. The highest BCUT2D eigenvalue weighted by Crippen LogP contribution is 2.41. The third-order valence-corrected chi connectivity index (χ3v) is 4.53. The summed E-state index contributed by atoms with van der Waals surface area (Å²) in [6.07, 6.45) is 2.08. The number of fused-ring (bicyclic) bond motifs is 1. The number of carbonyl (C=O) groups is 2. The maximum atomic E-state index is 12.2. The molecule has 2 rings (SSSR count). The van der Waals surface area contributed by atoms with E-state index in [0.29, 0.717) is 19.3 Å². The van der Waals surface area contributed by atoms with Crippen molar-refractivity contribution in [3.8, 4) is 0 Å². The molecule has 1 N–H and O–H groups in total. The molecule has 0 atom stereocenters. The van der Waals surface area contributed by atoms with Gasteiger partial charge in [0.15, 0.2) is 5.41 Å². The minimum Gasteiger partial charge on any atom is -0.468 e. The first-order valence-corrected chi connectivity index (χ1v) is 7.38. The number of benzene rings is 1. The van der Waals surface area contributed by atoms with Crippen molar-refractivity contribution in [2.24, 2.45) is 5.41 Å². The van der Waals surface area contributed by atoms with E-state index in [9.17, 15) is 9.59 Å². The molecule has 22 heavy (non-hydrogen) atoms. The molecule has 5 heteroatoms. The van der Waals surface area contributed by atoms with E-state index >= 15 is 0 Å². The van der Waals surface area contributed by atoms with E-state index in [2.05, 4.69) is 0 Å². The lowest BCUT2D eigenvalue weighted by molar-refractivity contribution is -0.168. The standard InChI is InChI=1S/C17H22O5/c1-11-12(5-4-8-18)6-7-13-9-17(10-14(11)13,15(19)21-2)16(20)22-3/h6-7,18H,4-5,8-10H2,1-3H3. The van der Waals surface area contributed by atoms with E-state index in [1.165, 1.54) is 14.2 Å². The van der Waals surface area contributed by atoms with E-state index in [1.807, 2.05) is 19.1 Å². The van der Waals surface area contributed by atoms with Gasteiger partial charge in [-0.05, 0) is 48.4 Å². The van der Waals surface area contributed by atoms with Crippen LogP contribution in [0, 0.1) is 12.3 Å². The molecule has 1 aromatic carbocycles. The number of methoxy groups -OCH3 is 2. The third kappa shape index (κ3) is 2.61. The summed E-state index contributed by atoms with van der Waals surface area (Å²) < 4.78 is 9.71. The van der Waals surface area contributed by atoms with Crippen molar-refractivity contribution in [1.29, 1.82) is 0 Å². The van der Waals surface area contributed by atoms with Crippen LogP contribution in [-0.4, -0.2) is 37.9 Å². The van der Waals surface area contributed by atoms with Gasteiger partial charge < -0.3 is 14.6 Å². The average molecular weight is 306 g/mol. The van der Waals surface area contributed by atoms with Crippen LogP contribution < -0.4 is 0 Å². The van der Waals surface area contributed by atoms with Gasteiger partial charge in [-0.15, -0.1) is 0 Å². The summed E-state index contributed by atoms with van der Waals surface area (Å²) in [6, 6.07) is 3.97. The van der Waals surface area contributed by atoms with Crippen LogP contribution in [0.15, 0.2) is 12.1 Å². The Morgan fingerprint density at radius 2 is 1.82 bits per heavy atom. The fourth-order valence-electron chi connectivity index (χ4n) is 3.27. The molecular formula is C17H22O5. The maximum Gasteiger partial charge on any atom is 0.323 e. The number of rotatable bonds is 5. The molecular weight excluding hydrogens is 284 g/mol. The highest BCUT2D eigenvalue weighted by molar-refractivity contribution is 6.01. The van der Waals surface area contributed by atoms with Gasteiger partial charge in [-0.1, -0.05) is 12.1 Å². The monoisotopic (exact) mass is 306 g/mol. The molecule has 1 aromatic rings. The van der Waals surface area contributed by atoms with Crippen molar-refractivity contribution in [3.63, 3.8) is 0 Å². The van der Waals surface area contributed by atoms with Gasteiger partial charge in [-0.2, -0.15) is 0 Å². The van der Waals surface area contributed by atoms with Crippen molar-refractivity contribution in [3.05, 3.63) is 34.4 Å². The topological polar surface area (TPSA) is 72.8 Å². The Morgan fingerprint density at radius 3 is 2.36 bits per heavy atom. The molecule has 120 valence electrons. The number of aliphatic hydroxyl groups excluding tert-OH is 1. The highest BCUT2D eigenvalue weighted by atomic mass is 16.5. The summed E-state index contributed by atoms with van der Waals surface area (Å²) in [7, 11) is 2.57. The first-order valence-electron chi connectivity index (χ1n) is 7.38. The lowest BCUT2D eigenvalue weighted by Gasteiger charge is -2.22. The SMILES string of the molecule is COC(=O)C1(C(=O)OC)Cc2ccc(CCCO)c(C)c2C1. The Bertz CT molecular complexity index is 575. The summed E-state index contributed by atoms with van der Waals surface area (Å²) in [5.41, 5.74) is 2.96. The Morgan fingerprint density at radius 1 is 1.18 bits per heavy atom. The largest absolute Gasteiger partial charge is 0.468 e. The van der Waals surface area contributed by atoms with Gasteiger partial charge in [-0.3, -0.25) is 9.59 Å². The predicted molar refractivity (Wildman–Crippen MR) is 80.5 cm³/mol. The number of aliphatic hydroxyl groups is 1. The number of aryl methyl sites for hydroxylation is 1. The number of hydrogen-bond donors (Lipinski definition) is 1. The Hall–Kier alpha value is -1.88. The second kappa shape index (κ2) is 6.48. The molecule has 0 radical (unpaired) electrons. The van der Waals surface area contributed by atoms with Crippen LogP contribution >= 0.6 is 0 Å². The Labute approximate surface area is 130 Å². The zero-order chi connectivity index (χ0) is 16.3. The lowest BCUT2D eigenvalue weighted by Crippen LogP contribution is -2.42. The van der Waals surface area contributed by atoms with Crippen molar-refractivity contribution in [2.75, 3.05) is 20.8 Å². The first kappa shape index (κ1) is 16.5. The van der Waals surface area contributed by atoms with Crippen LogP contribution in [0.1, 0.15) is 28.7 Å². The van der Waals surface area contributed by atoms with Gasteiger partial charge >= 0.3 is 11.9 Å². The van der Waals surface area contributed by atoms with Crippen molar-refractivity contribution < 1.29 is 24.2 Å². The summed E-state index contributed by atoms with van der Waals surface area (Å²) in [4.78, 5) is 24.4. The fraction of sp³-hybridized carbons (Fsp3) is 0.529. The predicted octanol–water partition coefficient (Wildman–Crippen LogP) is 1.35. The highest BCUT2D eigenvalue weighted by Gasteiger charge is 2.52. The molecule has 1 aliphatic rings. The van der Waals surface area contributed by atoms with Crippen molar-refractivity contribution in [2.45, 2.75) is 32.6 Å². The number of ether oxygens (including phenoxy) is 2. The molecule has 0 aliphatic heterocycles. The van der Waals surface area contributed by atoms with Crippen LogP contribution in [-0.2, 0) is 38.3 Å². The van der Waals surface area contributed by atoms with Crippen LogP contribution in [0.2, 0.25) is 0 Å². The molecule has 0 spiro atoms. The van der Waals surface area contributed by atoms with Crippen LogP contribution in [0.5, 0.6) is 0 Å². The lowest BCUT2D eigenvalue weighted by atomic mass is 9.84. The summed E-state index contributed by atoms with van der Waals surface area (Å²) in [5, 5.41) is 8.98. The maximum absolute atomic E-state index is 12.2. The second-order valence-electron chi connectivity index (χ2n) is 5.73. The summed E-state index contributed by atoms with van der Waals surface area (Å²) >= 11 is 0. The van der Waals surface area contributed by atoms with Gasteiger partial charge in [0.1, 0.15) is 0 Å². The average Bonchev–Trinajstić information content (AvgIpc) is 2.94. The fourth-order valence-corrected chi connectivity index (χ4v) is 3.27. The molecule has 0 saturated carbocycles. The second-order valence-corrected chi connectivity index (χ2v) is 5.73. The molecule has 0 aromatic heterocycles. The van der Waals surface area contributed by atoms with Crippen molar-refractivity contribution in [1.82, 2.24) is 0 Å². The van der Waals surface area contributed by atoms with Crippen LogP contribution in [0.3, 0.4) is 0 Å². The molecule has 0 saturated heterocycles. The van der Waals surface area contributed by atoms with Gasteiger partial charge in [-0.25, -0.2) is 0 Å². The van der Waals surface area contributed by atoms with Crippen LogP contribution in [0.4, 0.5) is 0 Å². The normalized spacial score (nSPS) is 15.3. The van der Waals surface area contributed by atoms with Gasteiger partial charge in [0.05, 0.1) is 14.2 Å². The summed E-state index contributed by atoms with van der Waals surface area (Å²) in [5.74, 6) is -1.10. The zero-order valence-electron chi connectivity index (χ0n) is 13.3. The van der Waals surface area contributed by atoms with E-state index in [0.717, 1.165) is 28.7 Å². The quantitative estimate of drug-likeness (QED) is 0.657. The third-order valence-electron chi connectivity index (χ3n) is 4.53. The van der Waals surface area contributed by atoms with E-state index in [1.54, 1.807) is 0 Å². The minimum absolute atomic E-state index is 0.144. The van der Waals surface area contributed by atoms with E-state index < -0.39 is 17.4 Å². The van der Waals surface area contributed by atoms with Crippen LogP contribution in [0.25, 0.3) is 0 Å². The van der Waals surface area contributed by atoms with E-state index in [-0.39, 0.29) is 6.61 Å². The zero-order valence-corrected chi connectivity index (χ0v) is 13.3. The molecule has 0 fully saturated rings. The van der Waals surface area contributed by atoms with E-state index in [4.69, 9.17) is 14.6 Å². The Balaban J connectivity index is 2.40. The Kier molecular flexibility index (Phi) is 4.86.